The number of aliphatic hydroxyl groups is 1. The van der Waals surface area contributed by atoms with E-state index in [0.717, 1.165) is 41.0 Å². The molecule has 1 heterocycles. The summed E-state index contributed by atoms with van der Waals surface area (Å²) in [5.41, 5.74) is 0.527. The van der Waals surface area contributed by atoms with Gasteiger partial charge in [0.15, 0.2) is 0 Å². The molecule has 1 saturated heterocycles. The van der Waals surface area contributed by atoms with E-state index in [1.165, 1.54) is 0 Å². The van der Waals surface area contributed by atoms with Gasteiger partial charge in [-0.2, -0.15) is 13.5 Å². The third kappa shape index (κ3) is 7.64. The standard InChI is InChI=1S/C28H43NO7SSi/c1-19(2)26(27(31)35-28(3,4)5)38(7,8)36-29-17-11-14-24(29)25(30)23-16-15-20(18-34-37(6,32)33)21-12-9-10-13-22(21)23/h9-10,12-13,15-16,19,24-26,30H,11,14,17-18H2,1-8H3/t24-,25?,26?/m0/s1. The monoisotopic (exact) mass is 565 g/mol. The molecule has 8 nitrogen and oxygen atoms in total. The molecule has 3 atom stereocenters. The van der Waals surface area contributed by atoms with E-state index in [0.29, 0.717) is 6.54 Å². The lowest BCUT2D eigenvalue weighted by Gasteiger charge is -2.40. The van der Waals surface area contributed by atoms with Gasteiger partial charge >= 0.3 is 5.97 Å². The second-order valence-corrected chi connectivity index (χ2v) is 17.7. The first-order chi connectivity index (χ1) is 17.5. The van der Waals surface area contributed by atoms with E-state index in [2.05, 4.69) is 0 Å². The third-order valence-electron chi connectivity index (χ3n) is 6.84. The summed E-state index contributed by atoms with van der Waals surface area (Å²) in [5, 5.41) is 15.2. The van der Waals surface area contributed by atoms with Crippen molar-refractivity contribution in [3.05, 3.63) is 47.5 Å². The van der Waals surface area contributed by atoms with Crippen molar-refractivity contribution in [3.8, 4) is 0 Å². The van der Waals surface area contributed by atoms with Crippen LogP contribution >= 0.6 is 0 Å². The van der Waals surface area contributed by atoms with Crippen molar-refractivity contribution in [3.63, 3.8) is 0 Å². The van der Waals surface area contributed by atoms with Gasteiger partial charge in [-0.25, -0.2) is 0 Å². The molecule has 2 unspecified atom stereocenters. The van der Waals surface area contributed by atoms with Crippen molar-refractivity contribution in [1.29, 1.82) is 0 Å². The summed E-state index contributed by atoms with van der Waals surface area (Å²) in [4.78, 5) is 13.2. The van der Waals surface area contributed by atoms with Gasteiger partial charge in [0.25, 0.3) is 10.1 Å². The Morgan fingerprint density at radius 1 is 1.13 bits per heavy atom. The van der Waals surface area contributed by atoms with Crippen molar-refractivity contribution in [2.24, 2.45) is 5.92 Å². The minimum Gasteiger partial charge on any atom is -0.460 e. The zero-order chi connectivity index (χ0) is 28.5. The van der Waals surface area contributed by atoms with Gasteiger partial charge in [-0.1, -0.05) is 50.2 Å². The van der Waals surface area contributed by atoms with Gasteiger partial charge in [-0.05, 0) is 74.5 Å². The number of esters is 1. The Labute approximate surface area is 228 Å². The molecule has 1 fully saturated rings. The summed E-state index contributed by atoms with van der Waals surface area (Å²) < 4.78 is 40.5. The number of carbonyl (C=O) groups is 1. The zero-order valence-electron chi connectivity index (χ0n) is 23.9. The van der Waals surface area contributed by atoms with Gasteiger partial charge in [0, 0.05) is 6.54 Å². The maximum Gasteiger partial charge on any atom is 0.309 e. The van der Waals surface area contributed by atoms with Crippen LogP contribution in [0.3, 0.4) is 0 Å². The van der Waals surface area contributed by atoms with Crippen LogP contribution in [-0.4, -0.2) is 57.3 Å². The van der Waals surface area contributed by atoms with Crippen LogP contribution in [0.2, 0.25) is 18.6 Å². The number of carbonyl (C=O) groups excluding carboxylic acids is 1. The SMILES string of the molecule is CC(C)C(C(=O)OC(C)(C)C)[Si](C)(C)ON1CCC[C@H]1C(O)c1ccc(COS(C)(=O)=O)c2ccccc12. The van der Waals surface area contributed by atoms with Crippen molar-refractivity contribution in [1.82, 2.24) is 5.06 Å². The zero-order valence-corrected chi connectivity index (χ0v) is 25.7. The minimum atomic E-state index is -3.59. The lowest BCUT2D eigenvalue weighted by atomic mass is 9.93. The van der Waals surface area contributed by atoms with Gasteiger partial charge < -0.3 is 14.4 Å². The molecule has 0 amide bonds. The van der Waals surface area contributed by atoms with Gasteiger partial charge in [-0.3, -0.25) is 8.98 Å². The molecule has 2 aromatic carbocycles. The fourth-order valence-electron chi connectivity index (χ4n) is 5.42. The largest absolute Gasteiger partial charge is 0.460 e. The molecule has 1 N–H and O–H groups in total. The number of aliphatic hydroxyl groups excluding tert-OH is 1. The van der Waals surface area contributed by atoms with Crippen LogP contribution in [0, 0.1) is 5.92 Å². The minimum absolute atomic E-state index is 0.0446. The van der Waals surface area contributed by atoms with Crippen LogP contribution < -0.4 is 0 Å². The highest BCUT2D eigenvalue weighted by molar-refractivity contribution is 7.85. The molecule has 2 aromatic rings. The van der Waals surface area contributed by atoms with Gasteiger partial charge in [-0.15, -0.1) is 0 Å². The highest BCUT2D eigenvalue weighted by atomic mass is 32.2. The Morgan fingerprint density at radius 3 is 2.34 bits per heavy atom. The number of ether oxygens (including phenoxy) is 1. The summed E-state index contributed by atoms with van der Waals surface area (Å²) in [5.74, 6) is -0.193. The average molecular weight is 566 g/mol. The molecular weight excluding hydrogens is 522 g/mol. The van der Waals surface area contributed by atoms with Gasteiger partial charge in [0.05, 0.1) is 30.5 Å². The molecule has 3 rings (SSSR count). The highest BCUT2D eigenvalue weighted by Gasteiger charge is 2.47. The average Bonchev–Trinajstić information content (AvgIpc) is 3.21. The summed E-state index contributed by atoms with van der Waals surface area (Å²) in [7, 11) is -6.22. The fraction of sp³-hybridized carbons (Fsp3) is 0.607. The molecule has 0 bridgehead atoms. The van der Waals surface area contributed by atoms with Crippen molar-refractivity contribution < 1.29 is 31.8 Å². The number of benzene rings is 2. The second kappa shape index (κ2) is 11.7. The predicted octanol–water partition coefficient (Wildman–Crippen LogP) is 5.32. The first-order valence-corrected chi connectivity index (χ1v) is 18.0. The molecular formula is C28H43NO7SSi. The van der Waals surface area contributed by atoms with E-state index >= 15 is 0 Å². The second-order valence-electron chi connectivity index (χ2n) is 12.1. The highest BCUT2D eigenvalue weighted by Crippen LogP contribution is 2.39. The normalized spacial score (nSPS) is 19.2. The first-order valence-electron chi connectivity index (χ1n) is 13.2. The van der Waals surface area contributed by atoms with E-state index in [4.69, 9.17) is 13.4 Å². The summed E-state index contributed by atoms with van der Waals surface area (Å²) >= 11 is 0. The van der Waals surface area contributed by atoms with Gasteiger partial charge in [0.1, 0.15) is 5.60 Å². The van der Waals surface area contributed by atoms with Crippen LogP contribution in [0.5, 0.6) is 0 Å². The van der Waals surface area contributed by atoms with E-state index in [1.54, 1.807) is 0 Å². The first kappa shape index (κ1) is 30.7. The Bertz CT molecular complexity index is 1240. The Hall–Kier alpha value is -1.82. The Kier molecular flexibility index (Phi) is 9.48. The van der Waals surface area contributed by atoms with E-state index in [1.807, 2.05) is 89.2 Å². The van der Waals surface area contributed by atoms with E-state index in [-0.39, 0.29) is 30.1 Å². The van der Waals surface area contributed by atoms with Crippen LogP contribution in [0.4, 0.5) is 0 Å². The molecule has 0 aliphatic carbocycles. The maximum absolute atomic E-state index is 13.2. The summed E-state index contributed by atoms with van der Waals surface area (Å²) in [6, 6.07) is 11.0. The molecule has 0 aromatic heterocycles. The lowest BCUT2D eigenvalue weighted by molar-refractivity contribution is -0.158. The lowest BCUT2D eigenvalue weighted by Crippen LogP contribution is -2.51. The van der Waals surface area contributed by atoms with E-state index < -0.39 is 30.1 Å². The van der Waals surface area contributed by atoms with Crippen molar-refractivity contribution in [2.45, 2.75) is 90.4 Å². The molecule has 10 heteroatoms. The molecule has 0 spiro atoms. The third-order valence-corrected chi connectivity index (χ3v) is 10.5. The van der Waals surface area contributed by atoms with Crippen LogP contribution in [0.25, 0.3) is 10.8 Å². The molecule has 212 valence electrons. The number of nitrogens with zero attached hydrogens (tertiary/aromatic N) is 1. The van der Waals surface area contributed by atoms with E-state index in [9.17, 15) is 18.3 Å². The maximum atomic E-state index is 13.2. The summed E-state index contributed by atoms with van der Waals surface area (Å²) in [6.45, 7) is 14.3. The Morgan fingerprint density at radius 2 is 1.76 bits per heavy atom. The van der Waals surface area contributed by atoms with Crippen LogP contribution in [0.15, 0.2) is 36.4 Å². The molecule has 0 saturated carbocycles. The molecule has 38 heavy (non-hydrogen) atoms. The number of hydrogen-bond donors (Lipinski definition) is 1. The summed E-state index contributed by atoms with van der Waals surface area (Å²) in [6.07, 6.45) is 1.80. The molecule has 1 aliphatic heterocycles. The van der Waals surface area contributed by atoms with Crippen LogP contribution in [0.1, 0.15) is 64.7 Å². The predicted molar refractivity (Wildman–Crippen MR) is 151 cm³/mol. The Balaban J connectivity index is 1.87. The quantitative estimate of drug-likeness (QED) is 0.235. The smallest absolute Gasteiger partial charge is 0.309 e. The van der Waals surface area contributed by atoms with Crippen LogP contribution in [-0.2, 0) is 35.0 Å². The fourth-order valence-corrected chi connectivity index (χ4v) is 8.94. The topological polar surface area (TPSA) is 102 Å². The van der Waals surface area contributed by atoms with Crippen molar-refractivity contribution >= 4 is 35.2 Å². The molecule has 0 radical (unpaired) electrons. The van der Waals surface area contributed by atoms with Crippen molar-refractivity contribution in [2.75, 3.05) is 12.8 Å². The van der Waals surface area contributed by atoms with Gasteiger partial charge in [0.2, 0.25) is 8.32 Å². The number of hydroxylamine groups is 2. The number of rotatable bonds is 10. The molecule has 1 aliphatic rings. The number of hydrogen-bond acceptors (Lipinski definition) is 8. The number of fused-ring (bicyclic) bond motifs is 1.